The molecule has 1 N–H and O–H groups in total. The first-order valence-electron chi connectivity index (χ1n) is 7.34. The maximum absolute atomic E-state index is 12.0. The van der Waals surface area contributed by atoms with E-state index in [2.05, 4.69) is 5.32 Å². The highest BCUT2D eigenvalue weighted by Crippen LogP contribution is 2.19. The molecule has 0 bridgehead atoms. The van der Waals surface area contributed by atoms with E-state index in [0.29, 0.717) is 19.3 Å². The predicted octanol–water partition coefficient (Wildman–Crippen LogP) is 2.91. The third-order valence-corrected chi connectivity index (χ3v) is 3.41. The molecule has 1 aliphatic heterocycles. The molecule has 1 aromatic carbocycles. The molecule has 0 spiro atoms. The van der Waals surface area contributed by atoms with Crippen molar-refractivity contribution in [1.29, 1.82) is 0 Å². The highest BCUT2D eigenvalue weighted by atomic mass is 16.5. The maximum Gasteiger partial charge on any atom is 0.308 e. The van der Waals surface area contributed by atoms with Crippen molar-refractivity contribution in [3.05, 3.63) is 48.0 Å². The van der Waals surface area contributed by atoms with Gasteiger partial charge in [-0.2, -0.15) is 0 Å². The lowest BCUT2D eigenvalue weighted by Gasteiger charge is -2.20. The van der Waals surface area contributed by atoms with Gasteiger partial charge < -0.3 is 10.1 Å². The van der Waals surface area contributed by atoms with Gasteiger partial charge in [-0.15, -0.1) is 0 Å². The summed E-state index contributed by atoms with van der Waals surface area (Å²) in [5, 5.41) is 2.92. The first-order valence-corrected chi connectivity index (χ1v) is 7.34. The number of hydrogen-bond donors (Lipinski definition) is 1. The normalized spacial score (nSPS) is 26.0. The summed E-state index contributed by atoms with van der Waals surface area (Å²) >= 11 is 0. The second kappa shape index (κ2) is 7.62. The van der Waals surface area contributed by atoms with Crippen molar-refractivity contribution in [2.75, 3.05) is 0 Å². The number of benzene rings is 1. The van der Waals surface area contributed by atoms with Crippen LogP contribution in [0.2, 0.25) is 0 Å². The number of hydrogen-bond acceptors (Lipinski definition) is 3. The van der Waals surface area contributed by atoms with Crippen LogP contribution in [0.3, 0.4) is 0 Å². The van der Waals surface area contributed by atoms with Gasteiger partial charge in [0, 0.05) is 12.8 Å². The lowest BCUT2D eigenvalue weighted by atomic mass is 10.0. The third-order valence-electron chi connectivity index (χ3n) is 3.41. The number of amides is 1. The van der Waals surface area contributed by atoms with Gasteiger partial charge in [-0.05, 0) is 18.9 Å². The molecule has 4 nitrogen and oxygen atoms in total. The standard InChI is InChI=1S/C17H21NO3/c1-13-8-4-2-7-11-16(19)18-15(12-17(20)21-13)14-9-5-3-6-10-14/h2-6,9-10,13,15H,7-8,11-12H2,1H3,(H,18,19)/b4-2-/t13-,15+/m1/s1. The minimum Gasteiger partial charge on any atom is -0.462 e. The lowest BCUT2D eigenvalue weighted by Crippen LogP contribution is -2.31. The Morgan fingerprint density at radius 1 is 1.14 bits per heavy atom. The van der Waals surface area contributed by atoms with Crippen LogP contribution in [0, 0.1) is 0 Å². The van der Waals surface area contributed by atoms with Gasteiger partial charge in [0.25, 0.3) is 0 Å². The van der Waals surface area contributed by atoms with E-state index in [4.69, 9.17) is 4.74 Å². The fourth-order valence-electron chi connectivity index (χ4n) is 2.31. The van der Waals surface area contributed by atoms with E-state index in [-0.39, 0.29) is 30.4 Å². The molecule has 0 radical (unpaired) electrons. The first kappa shape index (κ1) is 15.3. The molecule has 1 heterocycles. The quantitative estimate of drug-likeness (QED) is 0.638. The SMILES string of the molecule is C[C@@H]1C/C=C\CCC(=O)N[C@H](c2ccccc2)CC(=O)O1. The zero-order chi connectivity index (χ0) is 15.1. The third kappa shape index (κ3) is 5.06. The van der Waals surface area contributed by atoms with Crippen molar-refractivity contribution >= 4 is 11.9 Å². The van der Waals surface area contributed by atoms with E-state index >= 15 is 0 Å². The predicted molar refractivity (Wildman–Crippen MR) is 80.5 cm³/mol. The van der Waals surface area contributed by atoms with Crippen LogP contribution in [0.4, 0.5) is 0 Å². The Morgan fingerprint density at radius 2 is 1.90 bits per heavy atom. The van der Waals surface area contributed by atoms with Crippen molar-refractivity contribution in [3.63, 3.8) is 0 Å². The molecule has 0 unspecified atom stereocenters. The van der Waals surface area contributed by atoms with Crippen LogP contribution in [0.15, 0.2) is 42.5 Å². The zero-order valence-electron chi connectivity index (χ0n) is 12.2. The molecular weight excluding hydrogens is 266 g/mol. The van der Waals surface area contributed by atoms with E-state index in [1.807, 2.05) is 49.4 Å². The fourth-order valence-corrected chi connectivity index (χ4v) is 2.31. The van der Waals surface area contributed by atoms with Crippen LogP contribution in [0.1, 0.15) is 44.2 Å². The molecule has 0 aromatic heterocycles. The zero-order valence-corrected chi connectivity index (χ0v) is 12.2. The average molecular weight is 287 g/mol. The summed E-state index contributed by atoms with van der Waals surface area (Å²) < 4.78 is 5.37. The van der Waals surface area contributed by atoms with Gasteiger partial charge in [0.1, 0.15) is 6.10 Å². The minimum atomic E-state index is -0.332. The Bertz CT molecular complexity index is 510. The van der Waals surface area contributed by atoms with E-state index in [9.17, 15) is 9.59 Å². The van der Waals surface area contributed by atoms with Crippen molar-refractivity contribution in [2.24, 2.45) is 0 Å². The summed E-state index contributed by atoms with van der Waals surface area (Å²) in [7, 11) is 0. The van der Waals surface area contributed by atoms with E-state index in [1.165, 1.54) is 0 Å². The molecule has 4 heteroatoms. The molecule has 112 valence electrons. The summed E-state index contributed by atoms with van der Waals surface area (Å²) in [5.41, 5.74) is 0.919. The van der Waals surface area contributed by atoms with Crippen LogP contribution in [0.25, 0.3) is 0 Å². The van der Waals surface area contributed by atoms with Crippen LogP contribution in [-0.4, -0.2) is 18.0 Å². The lowest BCUT2D eigenvalue weighted by molar-refractivity contribution is -0.148. The van der Waals surface area contributed by atoms with Gasteiger partial charge in [-0.25, -0.2) is 0 Å². The number of cyclic esters (lactones) is 1. The Balaban J connectivity index is 2.15. The summed E-state index contributed by atoms with van der Waals surface area (Å²) in [4.78, 5) is 24.0. The number of allylic oxidation sites excluding steroid dienone is 1. The molecule has 1 aromatic rings. The summed E-state index contributed by atoms with van der Waals surface area (Å²) in [6, 6.07) is 9.19. The minimum absolute atomic E-state index is 0.0464. The molecule has 2 rings (SSSR count). The van der Waals surface area contributed by atoms with Crippen molar-refractivity contribution in [1.82, 2.24) is 5.32 Å². The monoisotopic (exact) mass is 287 g/mol. The van der Waals surface area contributed by atoms with Crippen molar-refractivity contribution < 1.29 is 14.3 Å². The van der Waals surface area contributed by atoms with Crippen LogP contribution in [0.5, 0.6) is 0 Å². The number of carbonyl (C=O) groups is 2. The van der Waals surface area contributed by atoms with E-state index in [1.54, 1.807) is 0 Å². The van der Waals surface area contributed by atoms with Gasteiger partial charge in [0.15, 0.2) is 0 Å². The fraction of sp³-hybridized carbons (Fsp3) is 0.412. The number of carbonyl (C=O) groups excluding carboxylic acids is 2. The molecule has 0 saturated heterocycles. The van der Waals surface area contributed by atoms with Crippen molar-refractivity contribution in [3.8, 4) is 0 Å². The number of esters is 1. The number of nitrogens with one attached hydrogen (secondary N) is 1. The molecular formula is C17H21NO3. The highest BCUT2D eigenvalue weighted by molar-refractivity contribution is 5.78. The van der Waals surface area contributed by atoms with Gasteiger partial charge in [0.05, 0.1) is 12.5 Å². The Hall–Kier alpha value is -2.10. The largest absolute Gasteiger partial charge is 0.462 e. The second-order valence-corrected chi connectivity index (χ2v) is 5.28. The molecule has 0 saturated carbocycles. The van der Waals surface area contributed by atoms with Gasteiger partial charge in [-0.3, -0.25) is 9.59 Å². The molecule has 0 fully saturated rings. The topological polar surface area (TPSA) is 55.4 Å². The smallest absolute Gasteiger partial charge is 0.308 e. The number of rotatable bonds is 1. The Kier molecular flexibility index (Phi) is 5.55. The highest BCUT2D eigenvalue weighted by Gasteiger charge is 2.20. The van der Waals surface area contributed by atoms with E-state index in [0.717, 1.165) is 5.56 Å². The Morgan fingerprint density at radius 3 is 2.67 bits per heavy atom. The van der Waals surface area contributed by atoms with Gasteiger partial charge >= 0.3 is 5.97 Å². The molecule has 2 atom stereocenters. The van der Waals surface area contributed by atoms with Crippen LogP contribution >= 0.6 is 0 Å². The number of ether oxygens (including phenoxy) is 1. The van der Waals surface area contributed by atoms with E-state index < -0.39 is 0 Å². The molecule has 0 aliphatic carbocycles. The molecule has 1 amide bonds. The average Bonchev–Trinajstić information content (AvgIpc) is 2.46. The summed E-state index contributed by atoms with van der Waals surface area (Å²) in [6.07, 6.45) is 5.76. The summed E-state index contributed by atoms with van der Waals surface area (Å²) in [5.74, 6) is -0.333. The Labute approximate surface area is 125 Å². The van der Waals surface area contributed by atoms with Crippen LogP contribution < -0.4 is 5.32 Å². The van der Waals surface area contributed by atoms with Crippen LogP contribution in [-0.2, 0) is 14.3 Å². The maximum atomic E-state index is 12.0. The van der Waals surface area contributed by atoms with Gasteiger partial charge in [-0.1, -0.05) is 42.5 Å². The molecule has 21 heavy (non-hydrogen) atoms. The molecule has 1 aliphatic rings. The van der Waals surface area contributed by atoms with Crippen molar-refractivity contribution in [2.45, 2.75) is 44.8 Å². The first-order chi connectivity index (χ1) is 10.1. The summed E-state index contributed by atoms with van der Waals surface area (Å²) in [6.45, 7) is 1.88. The second-order valence-electron chi connectivity index (χ2n) is 5.28. The van der Waals surface area contributed by atoms with Gasteiger partial charge in [0.2, 0.25) is 5.91 Å².